The minimum atomic E-state index is -0.342. The van der Waals surface area contributed by atoms with Gasteiger partial charge in [0.2, 0.25) is 0 Å². The molecule has 0 aliphatic heterocycles. The van der Waals surface area contributed by atoms with Gasteiger partial charge in [0.1, 0.15) is 5.69 Å². The van der Waals surface area contributed by atoms with Crippen LogP contribution in [0.2, 0.25) is 0 Å². The Morgan fingerprint density at radius 1 is 0.862 bits per heavy atom. The Hall–Kier alpha value is -2.55. The largest absolute Gasteiger partial charge is 0.464 e. The van der Waals surface area contributed by atoms with Crippen molar-refractivity contribution in [2.75, 3.05) is 7.11 Å². The van der Waals surface area contributed by atoms with Gasteiger partial charge in [-0.05, 0) is 64.1 Å². The number of esters is 1. The van der Waals surface area contributed by atoms with Crippen molar-refractivity contribution in [1.29, 1.82) is 0 Å². The zero-order valence-corrected chi connectivity index (χ0v) is 18.8. The van der Waals surface area contributed by atoms with E-state index in [2.05, 4.69) is 63.0 Å². The second-order valence-electron chi connectivity index (χ2n) is 9.00. The summed E-state index contributed by atoms with van der Waals surface area (Å²) >= 11 is 0. The maximum absolute atomic E-state index is 11.8. The Morgan fingerprint density at radius 3 is 2.10 bits per heavy atom. The molecule has 29 heavy (non-hydrogen) atoms. The van der Waals surface area contributed by atoms with Crippen LogP contribution in [0.3, 0.4) is 0 Å². The molecular weight excluding hydrogens is 358 g/mol. The number of H-pyrrole nitrogens is 1. The summed E-state index contributed by atoms with van der Waals surface area (Å²) in [5, 5.41) is 1.02. The maximum Gasteiger partial charge on any atom is 0.354 e. The number of benzene rings is 2. The van der Waals surface area contributed by atoms with Gasteiger partial charge in [-0.1, -0.05) is 65.8 Å². The molecule has 1 aliphatic carbocycles. The summed E-state index contributed by atoms with van der Waals surface area (Å²) in [6, 6.07) is 15.1. The van der Waals surface area contributed by atoms with Gasteiger partial charge in [0, 0.05) is 10.9 Å². The Bertz CT molecular complexity index is 1040. The van der Waals surface area contributed by atoms with Gasteiger partial charge in [-0.25, -0.2) is 4.79 Å². The number of ether oxygens (including phenoxy) is 1. The van der Waals surface area contributed by atoms with Crippen LogP contribution in [0, 0.1) is 0 Å². The van der Waals surface area contributed by atoms with Crippen molar-refractivity contribution in [3.8, 4) is 11.1 Å². The molecule has 1 aromatic heterocycles. The summed E-state index contributed by atoms with van der Waals surface area (Å²) in [4.78, 5) is 14.9. The summed E-state index contributed by atoms with van der Waals surface area (Å²) in [5.74, 6) is -0.342. The second-order valence-corrected chi connectivity index (χ2v) is 9.00. The first-order chi connectivity index (χ1) is 13.7. The topological polar surface area (TPSA) is 42.1 Å². The van der Waals surface area contributed by atoms with Crippen molar-refractivity contribution in [3.05, 3.63) is 59.3 Å². The lowest BCUT2D eigenvalue weighted by molar-refractivity contribution is 0.0595. The Morgan fingerprint density at radius 2 is 1.45 bits per heavy atom. The van der Waals surface area contributed by atoms with Gasteiger partial charge in [0.15, 0.2) is 0 Å². The molecule has 0 spiro atoms. The highest BCUT2D eigenvalue weighted by molar-refractivity contribution is 5.96. The van der Waals surface area contributed by atoms with Gasteiger partial charge in [-0.3, -0.25) is 0 Å². The van der Waals surface area contributed by atoms with Crippen LogP contribution in [0.4, 0.5) is 0 Å². The standard InChI is InChI=1S/C24H27NO2.C2H6/c1-23(2)10-11-24(3,4)19-13-16(6-8-18(19)23)15-7-9-20-17(12-15)14-21(25-20)22(26)27-5;1-2/h6-9,12-14,25H,10-11H2,1-5H3;1-2H3. The minimum absolute atomic E-state index is 0.192. The van der Waals surface area contributed by atoms with Crippen molar-refractivity contribution >= 4 is 16.9 Å². The first-order valence-electron chi connectivity index (χ1n) is 10.6. The van der Waals surface area contributed by atoms with Gasteiger partial charge >= 0.3 is 5.97 Å². The number of carbonyl (C=O) groups is 1. The number of carbonyl (C=O) groups excluding carboxylic acids is 1. The fraction of sp³-hybridized carbons (Fsp3) is 0.423. The van der Waals surface area contributed by atoms with E-state index >= 15 is 0 Å². The van der Waals surface area contributed by atoms with Crippen LogP contribution in [-0.2, 0) is 15.6 Å². The first kappa shape index (κ1) is 21.2. The summed E-state index contributed by atoms with van der Waals surface area (Å²) in [6.45, 7) is 13.4. The Labute approximate surface area is 174 Å². The van der Waals surface area contributed by atoms with Crippen molar-refractivity contribution in [1.82, 2.24) is 4.98 Å². The number of nitrogens with one attached hydrogen (secondary N) is 1. The molecule has 1 heterocycles. The molecule has 4 rings (SSSR count). The molecule has 0 atom stereocenters. The third-order valence-corrected chi connectivity index (χ3v) is 6.21. The van der Waals surface area contributed by atoms with Crippen LogP contribution in [0.15, 0.2) is 42.5 Å². The zero-order valence-electron chi connectivity index (χ0n) is 18.8. The molecule has 0 bridgehead atoms. The molecule has 0 fully saturated rings. The number of methoxy groups -OCH3 is 1. The molecule has 0 amide bonds. The summed E-state index contributed by atoms with van der Waals surface area (Å²) in [6.07, 6.45) is 2.42. The molecule has 3 heteroatoms. The monoisotopic (exact) mass is 391 g/mol. The van der Waals surface area contributed by atoms with Crippen LogP contribution >= 0.6 is 0 Å². The van der Waals surface area contributed by atoms with E-state index in [4.69, 9.17) is 4.74 Å². The predicted octanol–water partition coefficient (Wildman–Crippen LogP) is 7.00. The molecule has 3 aromatic rings. The highest BCUT2D eigenvalue weighted by atomic mass is 16.5. The molecule has 1 N–H and O–H groups in total. The molecule has 0 saturated heterocycles. The number of rotatable bonds is 2. The van der Waals surface area contributed by atoms with Gasteiger partial charge < -0.3 is 9.72 Å². The van der Waals surface area contributed by atoms with Gasteiger partial charge in [-0.15, -0.1) is 0 Å². The van der Waals surface area contributed by atoms with Crippen molar-refractivity contribution < 1.29 is 9.53 Å². The van der Waals surface area contributed by atoms with Gasteiger partial charge in [0.05, 0.1) is 7.11 Å². The lowest BCUT2D eigenvalue weighted by Gasteiger charge is -2.42. The number of fused-ring (bicyclic) bond motifs is 2. The molecule has 0 radical (unpaired) electrons. The summed E-state index contributed by atoms with van der Waals surface area (Å²) in [5.41, 5.74) is 7.16. The third-order valence-electron chi connectivity index (χ3n) is 6.21. The molecule has 154 valence electrons. The van der Waals surface area contributed by atoms with E-state index in [0.717, 1.165) is 10.9 Å². The average Bonchev–Trinajstić information content (AvgIpc) is 3.15. The van der Waals surface area contributed by atoms with Crippen molar-refractivity contribution in [2.45, 2.75) is 65.2 Å². The van der Waals surface area contributed by atoms with E-state index in [0.29, 0.717) is 5.69 Å². The van der Waals surface area contributed by atoms with Crippen LogP contribution < -0.4 is 0 Å². The van der Waals surface area contributed by atoms with E-state index in [1.54, 1.807) is 0 Å². The molecule has 0 unspecified atom stereocenters. The molecule has 1 aliphatic rings. The number of aromatic nitrogens is 1. The predicted molar refractivity (Wildman–Crippen MR) is 122 cm³/mol. The smallest absolute Gasteiger partial charge is 0.354 e. The summed E-state index contributed by atoms with van der Waals surface area (Å²) < 4.78 is 4.82. The molecule has 3 nitrogen and oxygen atoms in total. The minimum Gasteiger partial charge on any atom is -0.464 e. The molecule has 2 aromatic carbocycles. The van der Waals surface area contributed by atoms with Gasteiger partial charge in [0.25, 0.3) is 0 Å². The lowest BCUT2D eigenvalue weighted by Crippen LogP contribution is -2.33. The summed E-state index contributed by atoms with van der Waals surface area (Å²) in [7, 11) is 1.40. The fourth-order valence-electron chi connectivity index (χ4n) is 4.30. The van der Waals surface area contributed by atoms with E-state index in [9.17, 15) is 4.79 Å². The highest BCUT2D eigenvalue weighted by Crippen LogP contribution is 2.46. The van der Waals surface area contributed by atoms with Crippen LogP contribution in [0.1, 0.15) is 76.0 Å². The van der Waals surface area contributed by atoms with Gasteiger partial charge in [-0.2, -0.15) is 0 Å². The maximum atomic E-state index is 11.8. The quantitative estimate of drug-likeness (QED) is 0.478. The normalized spacial score (nSPS) is 16.5. The van der Waals surface area contributed by atoms with Crippen molar-refractivity contribution in [3.63, 3.8) is 0 Å². The number of aromatic amines is 1. The molecule has 0 saturated carbocycles. The van der Waals surface area contributed by atoms with E-state index in [1.807, 2.05) is 26.0 Å². The highest BCUT2D eigenvalue weighted by Gasteiger charge is 2.36. The van der Waals surface area contributed by atoms with E-state index in [-0.39, 0.29) is 16.8 Å². The van der Waals surface area contributed by atoms with Crippen LogP contribution in [0.25, 0.3) is 22.0 Å². The third kappa shape index (κ3) is 3.83. The van der Waals surface area contributed by atoms with Crippen molar-refractivity contribution in [2.24, 2.45) is 0 Å². The van der Waals surface area contributed by atoms with Crippen LogP contribution in [0.5, 0.6) is 0 Å². The lowest BCUT2D eigenvalue weighted by atomic mass is 9.63. The Kier molecular flexibility index (Phi) is 5.62. The Balaban J connectivity index is 0.00000117. The van der Waals surface area contributed by atoms with E-state index in [1.165, 1.54) is 42.2 Å². The number of hydrogen-bond acceptors (Lipinski definition) is 2. The average molecular weight is 392 g/mol. The van der Waals surface area contributed by atoms with Crippen LogP contribution in [-0.4, -0.2) is 18.1 Å². The molecular formula is C26H33NO2. The second kappa shape index (κ2) is 7.70. The first-order valence-corrected chi connectivity index (χ1v) is 10.6. The number of hydrogen-bond donors (Lipinski definition) is 1. The van der Waals surface area contributed by atoms with E-state index < -0.39 is 0 Å². The SMILES string of the molecule is CC.COC(=O)c1cc2cc(-c3ccc4c(c3)C(C)(C)CCC4(C)C)ccc2[nH]1. The zero-order chi connectivity index (χ0) is 21.4. The fourth-order valence-corrected chi connectivity index (χ4v) is 4.30.